The van der Waals surface area contributed by atoms with Gasteiger partial charge in [0.05, 0.1) is 10.6 Å². The van der Waals surface area contributed by atoms with Crippen LogP contribution in [0.4, 0.5) is 24.5 Å². The smallest absolute Gasteiger partial charge is 0.355 e. The fourth-order valence-electron chi connectivity index (χ4n) is 2.09. The van der Waals surface area contributed by atoms with Crippen molar-refractivity contribution in [2.24, 2.45) is 0 Å². The highest BCUT2D eigenvalue weighted by Gasteiger charge is 2.33. The van der Waals surface area contributed by atoms with Gasteiger partial charge in [-0.1, -0.05) is 24.9 Å². The van der Waals surface area contributed by atoms with Gasteiger partial charge in [0, 0.05) is 24.1 Å². The Morgan fingerprint density at radius 2 is 1.92 bits per heavy atom. The average Bonchev–Trinajstić information content (AvgIpc) is 2.56. The lowest BCUT2D eigenvalue weighted by Crippen LogP contribution is -2.25. The molecule has 2 rings (SSSR count). The van der Waals surface area contributed by atoms with E-state index in [0.29, 0.717) is 12.2 Å². The molecule has 0 fully saturated rings. The summed E-state index contributed by atoms with van der Waals surface area (Å²) < 4.78 is 38.7. The fourth-order valence-corrected chi connectivity index (χ4v) is 2.31. The van der Waals surface area contributed by atoms with E-state index in [-0.39, 0.29) is 22.3 Å². The molecule has 25 heavy (non-hydrogen) atoms. The Bertz CT molecular complexity index is 750. The second kappa shape index (κ2) is 8.20. The first kappa shape index (κ1) is 19.1. The van der Waals surface area contributed by atoms with Crippen LogP contribution in [-0.2, 0) is 6.18 Å². The zero-order valence-electron chi connectivity index (χ0n) is 13.5. The van der Waals surface area contributed by atoms with E-state index in [1.54, 1.807) is 6.07 Å². The van der Waals surface area contributed by atoms with Gasteiger partial charge < -0.3 is 10.6 Å². The van der Waals surface area contributed by atoms with Crippen molar-refractivity contribution in [1.82, 2.24) is 10.3 Å². The van der Waals surface area contributed by atoms with Crippen molar-refractivity contribution in [3.63, 3.8) is 0 Å². The summed E-state index contributed by atoms with van der Waals surface area (Å²) in [7, 11) is 0. The van der Waals surface area contributed by atoms with Crippen molar-refractivity contribution in [2.45, 2.75) is 25.9 Å². The number of benzene rings is 1. The minimum atomic E-state index is -4.54. The molecule has 0 spiro atoms. The molecule has 0 aliphatic carbocycles. The summed E-state index contributed by atoms with van der Waals surface area (Å²) in [5.74, 6) is -0.329. The Balaban J connectivity index is 2.16. The number of nitrogens with zero attached hydrogens (tertiary/aromatic N) is 1. The summed E-state index contributed by atoms with van der Waals surface area (Å²) in [6.45, 7) is 2.55. The predicted molar refractivity (Wildman–Crippen MR) is 91.2 cm³/mol. The lowest BCUT2D eigenvalue weighted by molar-refractivity contribution is -0.137. The monoisotopic (exact) mass is 371 g/mol. The number of halogens is 4. The first-order valence-electron chi connectivity index (χ1n) is 7.69. The number of pyridine rings is 1. The zero-order valence-corrected chi connectivity index (χ0v) is 14.2. The number of carbonyl (C=O) groups is 1. The fraction of sp³-hybridized carbons (Fsp3) is 0.294. The molecule has 134 valence electrons. The van der Waals surface area contributed by atoms with Gasteiger partial charge in [0.2, 0.25) is 0 Å². The van der Waals surface area contributed by atoms with Gasteiger partial charge in [-0.25, -0.2) is 0 Å². The van der Waals surface area contributed by atoms with Crippen LogP contribution < -0.4 is 10.6 Å². The van der Waals surface area contributed by atoms with Crippen molar-refractivity contribution in [3.05, 3.63) is 52.8 Å². The third kappa shape index (κ3) is 5.35. The lowest BCUT2D eigenvalue weighted by atomic mass is 10.2. The number of aromatic nitrogens is 1. The maximum absolute atomic E-state index is 12.9. The van der Waals surface area contributed by atoms with E-state index in [0.717, 1.165) is 18.9 Å². The van der Waals surface area contributed by atoms with E-state index in [2.05, 4.69) is 15.6 Å². The molecule has 0 aliphatic heterocycles. The van der Waals surface area contributed by atoms with E-state index in [1.807, 2.05) is 6.92 Å². The molecule has 0 saturated heterocycles. The van der Waals surface area contributed by atoms with E-state index in [9.17, 15) is 18.0 Å². The number of nitrogens with one attached hydrogen (secondary N) is 2. The Labute approximate surface area is 148 Å². The number of rotatable bonds is 6. The standard InChI is InChI=1S/C17H17ClF3N3O/c1-2-3-7-23-16(25)15-10-12(6-8-22-15)24-11-4-5-14(18)13(9-11)17(19,20)21/h4-6,8-10H,2-3,7H2,1H3,(H,22,24)(H,23,25). The number of hydrogen-bond acceptors (Lipinski definition) is 3. The predicted octanol–water partition coefficient (Wildman–Crippen LogP) is 5.03. The largest absolute Gasteiger partial charge is 0.417 e. The molecule has 0 saturated carbocycles. The number of hydrogen-bond donors (Lipinski definition) is 2. The first-order chi connectivity index (χ1) is 11.8. The quantitative estimate of drug-likeness (QED) is 0.700. The third-order valence-corrected chi connectivity index (χ3v) is 3.70. The summed E-state index contributed by atoms with van der Waals surface area (Å²) in [6, 6.07) is 6.56. The van der Waals surface area contributed by atoms with Crippen molar-refractivity contribution in [2.75, 3.05) is 11.9 Å². The zero-order chi connectivity index (χ0) is 18.4. The van der Waals surface area contributed by atoms with Crippen LogP contribution in [-0.4, -0.2) is 17.4 Å². The van der Waals surface area contributed by atoms with E-state index < -0.39 is 11.7 Å². The highest BCUT2D eigenvalue weighted by Crippen LogP contribution is 2.36. The highest BCUT2D eigenvalue weighted by atomic mass is 35.5. The summed E-state index contributed by atoms with van der Waals surface area (Å²) in [5, 5.41) is 5.19. The van der Waals surface area contributed by atoms with Crippen LogP contribution in [0.15, 0.2) is 36.5 Å². The molecular formula is C17H17ClF3N3O. The van der Waals surface area contributed by atoms with Crippen LogP contribution in [0.5, 0.6) is 0 Å². The molecular weight excluding hydrogens is 355 g/mol. The number of alkyl halides is 3. The maximum atomic E-state index is 12.9. The Hall–Kier alpha value is -2.28. The Kier molecular flexibility index (Phi) is 6.25. The molecule has 2 N–H and O–H groups in total. The lowest BCUT2D eigenvalue weighted by Gasteiger charge is -2.13. The van der Waals surface area contributed by atoms with Crippen LogP contribution in [0, 0.1) is 0 Å². The van der Waals surface area contributed by atoms with Crippen LogP contribution in [0.25, 0.3) is 0 Å². The molecule has 0 radical (unpaired) electrons. The van der Waals surface area contributed by atoms with Crippen LogP contribution in [0.1, 0.15) is 35.8 Å². The van der Waals surface area contributed by atoms with E-state index in [4.69, 9.17) is 11.6 Å². The van der Waals surface area contributed by atoms with Gasteiger partial charge in [0.15, 0.2) is 0 Å². The molecule has 0 unspecified atom stereocenters. The minimum absolute atomic E-state index is 0.186. The van der Waals surface area contributed by atoms with Crippen molar-refractivity contribution < 1.29 is 18.0 Å². The van der Waals surface area contributed by atoms with Crippen LogP contribution in [0.2, 0.25) is 5.02 Å². The number of anilines is 2. The summed E-state index contributed by atoms with van der Waals surface area (Å²) >= 11 is 5.60. The second-order valence-corrected chi connectivity index (χ2v) is 5.76. The molecule has 0 aliphatic rings. The van der Waals surface area contributed by atoms with Crippen LogP contribution >= 0.6 is 11.6 Å². The van der Waals surface area contributed by atoms with Gasteiger partial charge >= 0.3 is 6.18 Å². The topological polar surface area (TPSA) is 54.0 Å². The molecule has 8 heteroatoms. The molecule has 1 aromatic carbocycles. The van der Waals surface area contributed by atoms with Gasteiger partial charge in [0.1, 0.15) is 5.69 Å². The summed E-state index contributed by atoms with van der Waals surface area (Å²) in [4.78, 5) is 16.0. The molecule has 1 aromatic heterocycles. The molecule has 1 heterocycles. The summed E-state index contributed by atoms with van der Waals surface area (Å²) in [6.07, 6.45) is -1.32. The molecule has 1 amide bonds. The SMILES string of the molecule is CCCCNC(=O)c1cc(Nc2ccc(Cl)c(C(F)(F)F)c2)ccn1. The van der Waals surface area contributed by atoms with Crippen molar-refractivity contribution in [3.8, 4) is 0 Å². The van der Waals surface area contributed by atoms with Crippen LogP contribution in [0.3, 0.4) is 0 Å². The number of amides is 1. The summed E-state index contributed by atoms with van der Waals surface area (Å²) in [5.41, 5.74) is -0.0804. The average molecular weight is 372 g/mol. The normalized spacial score (nSPS) is 11.2. The van der Waals surface area contributed by atoms with E-state index >= 15 is 0 Å². The second-order valence-electron chi connectivity index (χ2n) is 5.36. The number of carbonyl (C=O) groups excluding carboxylic acids is 1. The molecule has 0 atom stereocenters. The van der Waals surface area contributed by atoms with E-state index in [1.165, 1.54) is 24.4 Å². The maximum Gasteiger partial charge on any atom is 0.417 e. The minimum Gasteiger partial charge on any atom is -0.355 e. The van der Waals surface area contributed by atoms with Gasteiger partial charge in [-0.2, -0.15) is 13.2 Å². The Morgan fingerprint density at radius 3 is 2.60 bits per heavy atom. The van der Waals surface area contributed by atoms with Crippen molar-refractivity contribution in [1.29, 1.82) is 0 Å². The van der Waals surface area contributed by atoms with Gasteiger partial charge in [-0.15, -0.1) is 0 Å². The Morgan fingerprint density at radius 1 is 1.20 bits per heavy atom. The number of unbranched alkanes of at least 4 members (excludes halogenated alkanes) is 1. The van der Waals surface area contributed by atoms with Gasteiger partial charge in [-0.3, -0.25) is 9.78 Å². The van der Waals surface area contributed by atoms with Gasteiger partial charge in [0.25, 0.3) is 5.91 Å². The highest BCUT2D eigenvalue weighted by molar-refractivity contribution is 6.31. The third-order valence-electron chi connectivity index (χ3n) is 3.37. The molecule has 4 nitrogen and oxygen atoms in total. The van der Waals surface area contributed by atoms with Crippen molar-refractivity contribution >= 4 is 28.9 Å². The van der Waals surface area contributed by atoms with Gasteiger partial charge in [-0.05, 0) is 36.8 Å². The first-order valence-corrected chi connectivity index (χ1v) is 8.07. The molecule has 0 bridgehead atoms. The molecule has 2 aromatic rings.